The largest absolute Gasteiger partial charge is 0.391 e. The standard InChI is InChI=1S/C13H27NO2/c1-10(15)11(2)16-13(9-14)8-6-5-7-12(13,3)4/h10-11,15H,5-9,14H2,1-4H3. The number of hydrogen-bond acceptors (Lipinski definition) is 3. The van der Waals surface area contributed by atoms with E-state index in [9.17, 15) is 5.11 Å². The van der Waals surface area contributed by atoms with Crippen molar-refractivity contribution >= 4 is 0 Å². The Kier molecular flexibility index (Phi) is 4.38. The lowest BCUT2D eigenvalue weighted by molar-refractivity contribution is -0.187. The second kappa shape index (κ2) is 5.03. The molecule has 3 heteroatoms. The second-order valence-corrected chi connectivity index (χ2v) is 5.85. The first kappa shape index (κ1) is 13.9. The molecule has 0 bridgehead atoms. The van der Waals surface area contributed by atoms with Crippen molar-refractivity contribution in [1.29, 1.82) is 0 Å². The molecule has 1 rings (SSSR count). The molecule has 1 saturated carbocycles. The highest BCUT2D eigenvalue weighted by molar-refractivity contribution is 4.99. The Morgan fingerprint density at radius 1 is 1.25 bits per heavy atom. The predicted molar refractivity (Wildman–Crippen MR) is 66.3 cm³/mol. The highest BCUT2D eigenvalue weighted by atomic mass is 16.5. The maximum Gasteiger partial charge on any atom is 0.0859 e. The van der Waals surface area contributed by atoms with E-state index < -0.39 is 6.10 Å². The Morgan fingerprint density at radius 3 is 2.25 bits per heavy atom. The lowest BCUT2D eigenvalue weighted by atomic mass is 9.65. The van der Waals surface area contributed by atoms with Gasteiger partial charge in [-0.25, -0.2) is 0 Å². The molecule has 1 aliphatic rings. The molecule has 0 radical (unpaired) electrons. The lowest BCUT2D eigenvalue weighted by Gasteiger charge is -2.50. The van der Waals surface area contributed by atoms with Gasteiger partial charge in [0.15, 0.2) is 0 Å². The molecule has 3 unspecified atom stereocenters. The van der Waals surface area contributed by atoms with Crippen molar-refractivity contribution in [3.05, 3.63) is 0 Å². The summed E-state index contributed by atoms with van der Waals surface area (Å²) in [5.74, 6) is 0. The maximum atomic E-state index is 9.57. The van der Waals surface area contributed by atoms with E-state index in [4.69, 9.17) is 10.5 Å². The van der Waals surface area contributed by atoms with Gasteiger partial charge in [0.25, 0.3) is 0 Å². The first-order valence-corrected chi connectivity index (χ1v) is 6.40. The van der Waals surface area contributed by atoms with Crippen LogP contribution >= 0.6 is 0 Å². The Bertz CT molecular complexity index is 228. The molecule has 96 valence electrons. The molecule has 0 aromatic heterocycles. The van der Waals surface area contributed by atoms with Crippen LogP contribution in [0.4, 0.5) is 0 Å². The minimum absolute atomic E-state index is 0.100. The van der Waals surface area contributed by atoms with Crippen molar-refractivity contribution in [2.75, 3.05) is 6.54 Å². The monoisotopic (exact) mass is 229 g/mol. The van der Waals surface area contributed by atoms with Crippen molar-refractivity contribution in [2.24, 2.45) is 11.1 Å². The van der Waals surface area contributed by atoms with Gasteiger partial charge < -0.3 is 15.6 Å². The molecular weight excluding hydrogens is 202 g/mol. The lowest BCUT2D eigenvalue weighted by Crippen LogP contribution is -2.56. The molecule has 0 saturated heterocycles. The highest BCUT2D eigenvalue weighted by Crippen LogP contribution is 2.46. The van der Waals surface area contributed by atoms with Crippen LogP contribution in [-0.2, 0) is 4.74 Å². The van der Waals surface area contributed by atoms with Gasteiger partial charge in [-0.3, -0.25) is 0 Å². The fraction of sp³-hybridized carbons (Fsp3) is 1.00. The van der Waals surface area contributed by atoms with E-state index in [1.807, 2.05) is 6.92 Å². The summed E-state index contributed by atoms with van der Waals surface area (Å²) in [5.41, 5.74) is 5.79. The summed E-state index contributed by atoms with van der Waals surface area (Å²) in [4.78, 5) is 0. The fourth-order valence-corrected chi connectivity index (χ4v) is 2.64. The maximum absolute atomic E-state index is 9.57. The zero-order chi connectivity index (χ0) is 12.4. The third kappa shape index (κ3) is 2.58. The van der Waals surface area contributed by atoms with Crippen LogP contribution in [0.1, 0.15) is 53.4 Å². The number of aliphatic hydroxyl groups is 1. The van der Waals surface area contributed by atoms with Crippen molar-refractivity contribution in [3.8, 4) is 0 Å². The first-order chi connectivity index (χ1) is 7.34. The van der Waals surface area contributed by atoms with Gasteiger partial charge >= 0.3 is 0 Å². The summed E-state index contributed by atoms with van der Waals surface area (Å²) >= 11 is 0. The molecule has 16 heavy (non-hydrogen) atoms. The number of nitrogens with two attached hydrogens (primary N) is 1. The van der Waals surface area contributed by atoms with E-state index in [1.165, 1.54) is 12.8 Å². The Balaban J connectivity index is 2.82. The van der Waals surface area contributed by atoms with Crippen molar-refractivity contribution in [2.45, 2.75) is 71.2 Å². The number of aliphatic hydroxyl groups excluding tert-OH is 1. The van der Waals surface area contributed by atoms with Crippen LogP contribution in [0.25, 0.3) is 0 Å². The van der Waals surface area contributed by atoms with Crippen LogP contribution in [-0.4, -0.2) is 29.5 Å². The third-order valence-electron chi connectivity index (χ3n) is 4.29. The molecule has 0 aromatic carbocycles. The summed E-state index contributed by atoms with van der Waals surface area (Å²) in [5, 5.41) is 9.57. The fourth-order valence-electron chi connectivity index (χ4n) is 2.64. The van der Waals surface area contributed by atoms with Crippen LogP contribution in [0.15, 0.2) is 0 Å². The summed E-state index contributed by atoms with van der Waals surface area (Å²) in [7, 11) is 0. The average Bonchev–Trinajstić information content (AvgIpc) is 2.20. The van der Waals surface area contributed by atoms with Gasteiger partial charge in [-0.05, 0) is 32.1 Å². The van der Waals surface area contributed by atoms with Crippen LogP contribution in [0.3, 0.4) is 0 Å². The molecule has 3 atom stereocenters. The van der Waals surface area contributed by atoms with Gasteiger partial charge in [0.05, 0.1) is 17.8 Å². The van der Waals surface area contributed by atoms with Crippen LogP contribution in [0, 0.1) is 5.41 Å². The smallest absolute Gasteiger partial charge is 0.0859 e. The summed E-state index contributed by atoms with van der Waals surface area (Å²) < 4.78 is 6.13. The summed E-state index contributed by atoms with van der Waals surface area (Å²) in [6.07, 6.45) is 3.99. The minimum atomic E-state index is -0.443. The van der Waals surface area contributed by atoms with Gasteiger partial charge in [-0.15, -0.1) is 0 Å². The zero-order valence-electron chi connectivity index (χ0n) is 11.1. The van der Waals surface area contributed by atoms with Crippen LogP contribution in [0.5, 0.6) is 0 Å². The molecule has 3 nitrogen and oxygen atoms in total. The molecule has 0 aliphatic heterocycles. The van der Waals surface area contributed by atoms with Crippen LogP contribution < -0.4 is 5.73 Å². The molecule has 1 fully saturated rings. The van der Waals surface area contributed by atoms with E-state index in [2.05, 4.69) is 13.8 Å². The number of ether oxygens (including phenoxy) is 1. The SMILES string of the molecule is CC(O)C(C)OC1(CN)CCCCC1(C)C. The van der Waals surface area contributed by atoms with E-state index in [0.717, 1.165) is 12.8 Å². The Morgan fingerprint density at radius 2 is 1.81 bits per heavy atom. The highest BCUT2D eigenvalue weighted by Gasteiger charge is 2.47. The first-order valence-electron chi connectivity index (χ1n) is 6.40. The van der Waals surface area contributed by atoms with Gasteiger partial charge in [-0.1, -0.05) is 26.7 Å². The van der Waals surface area contributed by atoms with Gasteiger partial charge in [-0.2, -0.15) is 0 Å². The molecule has 0 spiro atoms. The third-order valence-corrected chi connectivity index (χ3v) is 4.29. The summed E-state index contributed by atoms with van der Waals surface area (Å²) in [6, 6.07) is 0. The minimum Gasteiger partial charge on any atom is -0.391 e. The van der Waals surface area contributed by atoms with E-state index >= 15 is 0 Å². The normalized spacial score (nSPS) is 33.4. The van der Waals surface area contributed by atoms with Crippen molar-refractivity contribution in [1.82, 2.24) is 0 Å². The Hall–Kier alpha value is -0.120. The average molecular weight is 229 g/mol. The quantitative estimate of drug-likeness (QED) is 0.776. The molecular formula is C13H27NO2. The second-order valence-electron chi connectivity index (χ2n) is 5.85. The van der Waals surface area contributed by atoms with Gasteiger partial charge in [0.2, 0.25) is 0 Å². The topological polar surface area (TPSA) is 55.5 Å². The van der Waals surface area contributed by atoms with Crippen molar-refractivity contribution < 1.29 is 9.84 Å². The number of hydrogen-bond donors (Lipinski definition) is 2. The summed E-state index contributed by atoms with van der Waals surface area (Å²) in [6.45, 7) is 8.69. The van der Waals surface area contributed by atoms with Gasteiger partial charge in [0, 0.05) is 6.54 Å². The van der Waals surface area contributed by atoms with E-state index in [-0.39, 0.29) is 17.1 Å². The predicted octanol–water partition coefficient (Wildman–Crippen LogP) is 2.07. The van der Waals surface area contributed by atoms with E-state index in [0.29, 0.717) is 6.54 Å². The molecule has 0 aromatic rings. The number of rotatable bonds is 4. The molecule has 3 N–H and O–H groups in total. The molecule has 0 amide bonds. The molecule has 0 heterocycles. The van der Waals surface area contributed by atoms with Crippen LogP contribution in [0.2, 0.25) is 0 Å². The van der Waals surface area contributed by atoms with E-state index in [1.54, 1.807) is 6.92 Å². The van der Waals surface area contributed by atoms with Crippen molar-refractivity contribution in [3.63, 3.8) is 0 Å². The Labute approximate surface area is 99.4 Å². The van der Waals surface area contributed by atoms with Gasteiger partial charge in [0.1, 0.15) is 0 Å². The molecule has 1 aliphatic carbocycles. The zero-order valence-corrected chi connectivity index (χ0v) is 11.1.